The number of carbonyl (C=O) groups excluding carboxylic acids is 2. The maximum atomic E-state index is 12.5. The second kappa shape index (κ2) is 7.02. The van der Waals surface area contributed by atoms with Crippen LogP contribution in [0.2, 0.25) is 0 Å². The number of carbonyl (C=O) groups is 2. The molecule has 1 fully saturated rings. The molecular weight excluding hydrogens is 309 g/mol. The van der Waals surface area contributed by atoms with Crippen molar-refractivity contribution >= 4 is 17.5 Å². The number of nitrogens with one attached hydrogen (secondary N) is 1. The zero-order chi connectivity index (χ0) is 17.0. The smallest absolute Gasteiger partial charge is 0.343 e. The van der Waals surface area contributed by atoms with Crippen LogP contribution in [0.3, 0.4) is 0 Å². The highest BCUT2D eigenvalue weighted by atomic mass is 19.4. The predicted octanol–water partition coefficient (Wildman–Crippen LogP) is 3.29. The third-order valence-corrected chi connectivity index (χ3v) is 4.00. The molecule has 7 heteroatoms. The van der Waals surface area contributed by atoms with E-state index in [0.29, 0.717) is 38.0 Å². The number of piperidine rings is 1. The zero-order valence-corrected chi connectivity index (χ0v) is 12.8. The minimum absolute atomic E-state index is 0.0756. The highest BCUT2D eigenvalue weighted by molar-refractivity contribution is 5.92. The summed E-state index contributed by atoms with van der Waals surface area (Å²) in [4.78, 5) is 25.5. The molecule has 1 aromatic rings. The normalized spacial score (nSPS) is 16.3. The van der Waals surface area contributed by atoms with E-state index in [2.05, 4.69) is 5.32 Å². The Bertz CT molecular complexity index is 562. The van der Waals surface area contributed by atoms with Crippen LogP contribution < -0.4 is 5.32 Å². The molecule has 0 radical (unpaired) electrons. The second-order valence-corrected chi connectivity index (χ2v) is 5.57. The number of alkyl halides is 3. The molecule has 1 heterocycles. The van der Waals surface area contributed by atoms with Crippen LogP contribution >= 0.6 is 0 Å². The quantitative estimate of drug-likeness (QED) is 0.925. The first-order valence-corrected chi connectivity index (χ1v) is 7.57. The summed E-state index contributed by atoms with van der Waals surface area (Å²) in [5.74, 6) is -0.363. The highest BCUT2D eigenvalue weighted by Crippen LogP contribution is 2.30. The first-order chi connectivity index (χ1) is 10.8. The van der Waals surface area contributed by atoms with Gasteiger partial charge in [0.05, 0.1) is 5.56 Å². The number of halogens is 3. The van der Waals surface area contributed by atoms with Crippen molar-refractivity contribution in [2.24, 2.45) is 5.92 Å². The van der Waals surface area contributed by atoms with Gasteiger partial charge in [-0.2, -0.15) is 13.2 Å². The maximum Gasteiger partial charge on any atom is 0.416 e. The summed E-state index contributed by atoms with van der Waals surface area (Å²) < 4.78 is 37.5. The molecule has 1 saturated heterocycles. The molecule has 23 heavy (non-hydrogen) atoms. The number of rotatable bonds is 3. The minimum Gasteiger partial charge on any atom is -0.343 e. The van der Waals surface area contributed by atoms with Crippen LogP contribution in [0.4, 0.5) is 18.9 Å². The Hall–Kier alpha value is -2.05. The van der Waals surface area contributed by atoms with Crippen LogP contribution in [-0.4, -0.2) is 29.8 Å². The molecule has 0 atom stereocenters. The second-order valence-electron chi connectivity index (χ2n) is 5.57. The van der Waals surface area contributed by atoms with Gasteiger partial charge in [0.15, 0.2) is 0 Å². The van der Waals surface area contributed by atoms with Crippen LogP contribution in [0.25, 0.3) is 0 Å². The van der Waals surface area contributed by atoms with E-state index in [0.717, 1.165) is 12.1 Å². The minimum atomic E-state index is -4.39. The van der Waals surface area contributed by atoms with Crippen molar-refractivity contribution in [3.8, 4) is 0 Å². The average Bonchev–Trinajstić information content (AvgIpc) is 2.54. The van der Waals surface area contributed by atoms with Gasteiger partial charge in [0, 0.05) is 31.1 Å². The van der Waals surface area contributed by atoms with E-state index < -0.39 is 11.7 Å². The average molecular weight is 328 g/mol. The van der Waals surface area contributed by atoms with Crippen molar-refractivity contribution in [3.63, 3.8) is 0 Å². The first kappa shape index (κ1) is 17.3. The van der Waals surface area contributed by atoms with E-state index in [1.165, 1.54) is 12.1 Å². The fourth-order valence-corrected chi connectivity index (χ4v) is 2.60. The Morgan fingerprint density at radius 3 is 2.22 bits per heavy atom. The standard InChI is InChI=1S/C16H19F3N2O2/c1-2-14(22)21-9-7-11(8-10-21)15(23)20-13-5-3-12(4-6-13)16(17,18)19/h3-6,11H,2,7-10H2,1H3,(H,20,23). The molecule has 0 aromatic heterocycles. The van der Waals surface area contributed by atoms with Crippen molar-refractivity contribution in [1.29, 1.82) is 0 Å². The van der Waals surface area contributed by atoms with Crippen LogP contribution in [0.5, 0.6) is 0 Å². The van der Waals surface area contributed by atoms with E-state index in [1.54, 1.807) is 11.8 Å². The Balaban J connectivity index is 1.89. The Kier molecular flexibility index (Phi) is 5.28. The number of hydrogen-bond donors (Lipinski definition) is 1. The predicted molar refractivity (Wildman–Crippen MR) is 79.7 cm³/mol. The molecule has 0 aliphatic carbocycles. The number of anilines is 1. The molecule has 2 amide bonds. The number of likely N-dealkylation sites (tertiary alicyclic amines) is 1. The number of nitrogens with zero attached hydrogens (tertiary/aromatic N) is 1. The number of hydrogen-bond acceptors (Lipinski definition) is 2. The Labute approximate surface area is 132 Å². The van der Waals surface area contributed by atoms with Crippen molar-refractivity contribution in [2.75, 3.05) is 18.4 Å². The van der Waals surface area contributed by atoms with E-state index in [4.69, 9.17) is 0 Å². The molecule has 1 aromatic carbocycles. The Morgan fingerprint density at radius 1 is 1.17 bits per heavy atom. The molecule has 1 N–H and O–H groups in total. The zero-order valence-electron chi connectivity index (χ0n) is 12.8. The van der Waals surface area contributed by atoms with E-state index in [-0.39, 0.29) is 17.7 Å². The van der Waals surface area contributed by atoms with Gasteiger partial charge in [-0.25, -0.2) is 0 Å². The summed E-state index contributed by atoms with van der Waals surface area (Å²) in [7, 11) is 0. The van der Waals surface area contributed by atoms with Gasteiger partial charge in [0.1, 0.15) is 0 Å². The molecule has 2 rings (SSSR count). The van der Waals surface area contributed by atoms with Crippen LogP contribution in [0, 0.1) is 5.92 Å². The van der Waals surface area contributed by atoms with Gasteiger partial charge in [-0.05, 0) is 37.1 Å². The summed E-state index contributed by atoms with van der Waals surface area (Å²) in [6.45, 7) is 2.88. The van der Waals surface area contributed by atoms with Crippen LogP contribution in [0.15, 0.2) is 24.3 Å². The van der Waals surface area contributed by atoms with Crippen molar-refractivity contribution in [2.45, 2.75) is 32.4 Å². The highest BCUT2D eigenvalue weighted by Gasteiger charge is 2.30. The lowest BCUT2D eigenvalue weighted by Gasteiger charge is -2.31. The SMILES string of the molecule is CCC(=O)N1CCC(C(=O)Nc2ccc(C(F)(F)F)cc2)CC1. The molecule has 4 nitrogen and oxygen atoms in total. The molecule has 0 saturated carbocycles. The fourth-order valence-electron chi connectivity index (χ4n) is 2.60. The molecule has 0 bridgehead atoms. The van der Waals surface area contributed by atoms with Gasteiger partial charge in [-0.15, -0.1) is 0 Å². The molecule has 1 aliphatic heterocycles. The monoisotopic (exact) mass is 328 g/mol. The van der Waals surface area contributed by atoms with Gasteiger partial charge >= 0.3 is 6.18 Å². The van der Waals surface area contributed by atoms with Gasteiger partial charge in [0.2, 0.25) is 11.8 Å². The largest absolute Gasteiger partial charge is 0.416 e. The summed E-state index contributed by atoms with van der Waals surface area (Å²) >= 11 is 0. The molecule has 0 unspecified atom stereocenters. The maximum absolute atomic E-state index is 12.5. The lowest BCUT2D eigenvalue weighted by atomic mass is 9.95. The van der Waals surface area contributed by atoms with Crippen molar-refractivity contribution in [3.05, 3.63) is 29.8 Å². The lowest BCUT2D eigenvalue weighted by Crippen LogP contribution is -2.41. The third kappa shape index (κ3) is 4.46. The van der Waals surface area contributed by atoms with Crippen LogP contribution in [0.1, 0.15) is 31.7 Å². The van der Waals surface area contributed by atoms with Gasteiger partial charge in [-0.3, -0.25) is 9.59 Å². The molecule has 1 aliphatic rings. The van der Waals surface area contributed by atoms with Gasteiger partial charge < -0.3 is 10.2 Å². The van der Waals surface area contributed by atoms with E-state index >= 15 is 0 Å². The van der Waals surface area contributed by atoms with Crippen molar-refractivity contribution in [1.82, 2.24) is 4.90 Å². The summed E-state index contributed by atoms with van der Waals surface area (Å²) in [5.41, 5.74) is -0.406. The summed E-state index contributed by atoms with van der Waals surface area (Å²) in [6, 6.07) is 4.38. The fraction of sp³-hybridized carbons (Fsp3) is 0.500. The topological polar surface area (TPSA) is 49.4 Å². The lowest BCUT2D eigenvalue weighted by molar-refractivity contribution is -0.137. The number of amides is 2. The molecule has 126 valence electrons. The Morgan fingerprint density at radius 2 is 1.74 bits per heavy atom. The van der Waals surface area contributed by atoms with Gasteiger partial charge in [-0.1, -0.05) is 6.92 Å². The number of benzene rings is 1. The van der Waals surface area contributed by atoms with Crippen LogP contribution in [-0.2, 0) is 15.8 Å². The summed E-state index contributed by atoms with van der Waals surface area (Å²) in [5, 5.41) is 2.64. The molecular formula is C16H19F3N2O2. The van der Waals surface area contributed by atoms with Gasteiger partial charge in [0.25, 0.3) is 0 Å². The van der Waals surface area contributed by atoms with E-state index in [1.807, 2.05) is 0 Å². The van der Waals surface area contributed by atoms with Crippen molar-refractivity contribution < 1.29 is 22.8 Å². The first-order valence-electron chi connectivity index (χ1n) is 7.57. The van der Waals surface area contributed by atoms with E-state index in [9.17, 15) is 22.8 Å². The third-order valence-electron chi connectivity index (χ3n) is 4.00. The molecule has 0 spiro atoms. The summed E-state index contributed by atoms with van der Waals surface area (Å²) in [6.07, 6.45) is -2.81.